The van der Waals surface area contributed by atoms with Gasteiger partial charge in [0.25, 0.3) is 5.91 Å². The van der Waals surface area contributed by atoms with Crippen molar-refractivity contribution >= 4 is 15.9 Å². The van der Waals surface area contributed by atoms with Crippen LogP contribution in [0.4, 0.5) is 0 Å². The van der Waals surface area contributed by atoms with Crippen molar-refractivity contribution in [3.63, 3.8) is 0 Å². The molecule has 0 spiro atoms. The van der Waals surface area contributed by atoms with Gasteiger partial charge in [0.2, 0.25) is 10.0 Å². The summed E-state index contributed by atoms with van der Waals surface area (Å²) < 4.78 is 30.3. The van der Waals surface area contributed by atoms with Gasteiger partial charge < -0.3 is 10.1 Å². The van der Waals surface area contributed by atoms with Gasteiger partial charge in [-0.1, -0.05) is 31.5 Å². The van der Waals surface area contributed by atoms with Crippen molar-refractivity contribution in [1.82, 2.24) is 9.62 Å². The summed E-state index contributed by atoms with van der Waals surface area (Å²) in [6, 6.07) is 7.43. The zero-order valence-corrected chi connectivity index (χ0v) is 15.7. The van der Waals surface area contributed by atoms with E-state index in [2.05, 4.69) is 5.32 Å². The average molecular weight is 356 g/mol. The van der Waals surface area contributed by atoms with Crippen LogP contribution in [0.2, 0.25) is 0 Å². The molecule has 24 heavy (non-hydrogen) atoms. The van der Waals surface area contributed by atoms with Crippen LogP contribution in [0.25, 0.3) is 0 Å². The molecule has 0 aliphatic carbocycles. The van der Waals surface area contributed by atoms with Gasteiger partial charge in [0.15, 0.2) is 6.61 Å². The number of hydrogen-bond acceptors (Lipinski definition) is 4. The fourth-order valence-electron chi connectivity index (χ4n) is 2.00. The molecule has 136 valence electrons. The van der Waals surface area contributed by atoms with E-state index in [1.165, 1.54) is 10.6 Å². The second-order valence-corrected chi connectivity index (χ2v) is 8.28. The summed E-state index contributed by atoms with van der Waals surface area (Å²) >= 11 is 0. The number of benzene rings is 1. The van der Waals surface area contributed by atoms with Gasteiger partial charge in [-0.3, -0.25) is 4.79 Å². The summed E-state index contributed by atoms with van der Waals surface area (Å²) in [5.74, 6) is 0.782. The van der Waals surface area contributed by atoms with Crippen LogP contribution in [0.5, 0.6) is 5.75 Å². The predicted molar refractivity (Wildman–Crippen MR) is 95.6 cm³/mol. The molecule has 0 radical (unpaired) electrons. The minimum Gasteiger partial charge on any atom is -0.484 e. The van der Waals surface area contributed by atoms with E-state index in [4.69, 9.17) is 4.74 Å². The number of ether oxygens (including phenoxy) is 1. The maximum absolute atomic E-state index is 11.8. The number of hydrogen-bond donors (Lipinski definition) is 1. The number of nitrogens with one attached hydrogen (secondary N) is 1. The average Bonchev–Trinajstić information content (AvgIpc) is 2.48. The van der Waals surface area contributed by atoms with Gasteiger partial charge in [-0.15, -0.1) is 0 Å². The third-order valence-corrected chi connectivity index (χ3v) is 4.80. The summed E-state index contributed by atoms with van der Waals surface area (Å²) in [5.41, 5.74) is 1.12. The van der Waals surface area contributed by atoms with E-state index in [1.807, 2.05) is 32.9 Å². The predicted octanol–water partition coefficient (Wildman–Crippen LogP) is 1.80. The first-order chi connectivity index (χ1) is 11.2. The Balaban J connectivity index is 2.35. The molecule has 0 fully saturated rings. The second kappa shape index (κ2) is 9.64. The maximum Gasteiger partial charge on any atom is 0.257 e. The van der Waals surface area contributed by atoms with Crippen molar-refractivity contribution < 1.29 is 17.9 Å². The number of carbonyl (C=O) groups excluding carboxylic acids is 1. The molecule has 6 nitrogen and oxygen atoms in total. The third kappa shape index (κ3) is 8.31. The summed E-state index contributed by atoms with van der Waals surface area (Å²) in [5, 5.41) is 2.68. The fraction of sp³-hybridized carbons (Fsp3) is 0.588. The Hall–Kier alpha value is -1.60. The molecule has 1 aromatic carbocycles. The van der Waals surface area contributed by atoms with Crippen LogP contribution in [0.15, 0.2) is 24.3 Å². The molecule has 0 aliphatic heterocycles. The van der Waals surface area contributed by atoms with E-state index in [0.29, 0.717) is 18.2 Å². The first kappa shape index (κ1) is 20.4. The van der Waals surface area contributed by atoms with E-state index in [-0.39, 0.29) is 25.6 Å². The Kier molecular flexibility index (Phi) is 8.21. The van der Waals surface area contributed by atoms with Crippen molar-refractivity contribution in [2.75, 3.05) is 32.5 Å². The minimum absolute atomic E-state index is 0.0894. The summed E-state index contributed by atoms with van der Waals surface area (Å²) in [6.07, 6.45) is 1.98. The van der Waals surface area contributed by atoms with Crippen molar-refractivity contribution in [2.45, 2.75) is 27.2 Å². The van der Waals surface area contributed by atoms with E-state index in [1.54, 1.807) is 12.1 Å². The first-order valence-electron chi connectivity index (χ1n) is 8.09. The molecule has 1 N–H and O–H groups in total. The van der Waals surface area contributed by atoms with E-state index in [0.717, 1.165) is 12.0 Å². The molecular weight excluding hydrogens is 328 g/mol. The lowest BCUT2D eigenvalue weighted by molar-refractivity contribution is -0.123. The summed E-state index contributed by atoms with van der Waals surface area (Å²) in [7, 11) is -3.27. The Bertz CT molecular complexity index is 612. The Morgan fingerprint density at radius 2 is 1.83 bits per heavy atom. The third-order valence-electron chi connectivity index (χ3n) is 3.50. The summed E-state index contributed by atoms with van der Waals surface area (Å²) in [4.78, 5) is 11.8. The van der Waals surface area contributed by atoms with Gasteiger partial charge in [-0.25, -0.2) is 12.7 Å². The van der Waals surface area contributed by atoms with Crippen LogP contribution in [-0.2, 0) is 14.8 Å². The molecule has 7 heteroatoms. The Morgan fingerprint density at radius 1 is 1.21 bits per heavy atom. The highest BCUT2D eigenvalue weighted by atomic mass is 32.2. The molecule has 0 bridgehead atoms. The van der Waals surface area contributed by atoms with Crippen LogP contribution < -0.4 is 10.1 Å². The number of amides is 1. The fourth-order valence-corrected chi connectivity index (χ4v) is 2.86. The molecular formula is C17H28N2O4S. The van der Waals surface area contributed by atoms with Crippen LogP contribution >= 0.6 is 0 Å². The maximum atomic E-state index is 11.8. The van der Waals surface area contributed by atoms with Gasteiger partial charge in [0.05, 0.1) is 6.26 Å². The van der Waals surface area contributed by atoms with Crippen LogP contribution in [0, 0.1) is 12.8 Å². The molecule has 0 saturated carbocycles. The standard InChI is InChI=1S/C17H28N2O4S/c1-14(2)9-11-19(24(4,21)22)12-10-18-17(20)13-23-16-7-5-15(3)6-8-16/h5-8,14H,9-13H2,1-4H3,(H,18,20). The second-order valence-electron chi connectivity index (χ2n) is 6.30. The molecule has 1 rings (SSSR count). The van der Waals surface area contributed by atoms with Crippen LogP contribution in [0.1, 0.15) is 25.8 Å². The summed E-state index contributed by atoms with van der Waals surface area (Å²) in [6.45, 7) is 6.97. The Morgan fingerprint density at radius 3 is 2.38 bits per heavy atom. The molecule has 0 aromatic heterocycles. The molecule has 0 heterocycles. The van der Waals surface area contributed by atoms with Gasteiger partial charge >= 0.3 is 0 Å². The van der Waals surface area contributed by atoms with E-state index >= 15 is 0 Å². The zero-order chi connectivity index (χ0) is 18.2. The van der Waals surface area contributed by atoms with Gasteiger partial charge in [-0.05, 0) is 31.4 Å². The topological polar surface area (TPSA) is 75.7 Å². The molecule has 1 aromatic rings. The zero-order valence-electron chi connectivity index (χ0n) is 14.9. The molecule has 0 atom stereocenters. The number of nitrogens with zero attached hydrogens (tertiary/aromatic N) is 1. The van der Waals surface area contributed by atoms with Crippen LogP contribution in [-0.4, -0.2) is 51.1 Å². The lowest BCUT2D eigenvalue weighted by atomic mass is 10.1. The Labute approximate surface area is 145 Å². The highest BCUT2D eigenvalue weighted by molar-refractivity contribution is 7.88. The minimum atomic E-state index is -3.27. The number of rotatable bonds is 10. The van der Waals surface area contributed by atoms with Gasteiger partial charge in [0.1, 0.15) is 5.75 Å². The van der Waals surface area contributed by atoms with Gasteiger partial charge in [0, 0.05) is 19.6 Å². The van der Waals surface area contributed by atoms with Crippen LogP contribution in [0.3, 0.4) is 0 Å². The molecule has 1 amide bonds. The number of sulfonamides is 1. The molecule has 0 unspecified atom stereocenters. The number of aryl methyl sites for hydroxylation is 1. The number of carbonyl (C=O) groups is 1. The van der Waals surface area contributed by atoms with E-state index < -0.39 is 10.0 Å². The normalized spacial score (nSPS) is 11.8. The SMILES string of the molecule is Cc1ccc(OCC(=O)NCCN(CCC(C)C)S(C)(=O)=O)cc1. The van der Waals surface area contributed by atoms with Crippen molar-refractivity contribution in [2.24, 2.45) is 5.92 Å². The quantitative estimate of drug-likeness (QED) is 0.694. The highest BCUT2D eigenvalue weighted by Gasteiger charge is 2.16. The first-order valence-corrected chi connectivity index (χ1v) is 9.94. The molecule has 0 aliphatic rings. The lowest BCUT2D eigenvalue weighted by Gasteiger charge is -2.21. The monoisotopic (exact) mass is 356 g/mol. The highest BCUT2D eigenvalue weighted by Crippen LogP contribution is 2.11. The van der Waals surface area contributed by atoms with Crippen molar-refractivity contribution in [3.8, 4) is 5.75 Å². The lowest BCUT2D eigenvalue weighted by Crippen LogP contribution is -2.40. The molecule has 0 saturated heterocycles. The van der Waals surface area contributed by atoms with Gasteiger partial charge in [-0.2, -0.15) is 0 Å². The smallest absolute Gasteiger partial charge is 0.257 e. The van der Waals surface area contributed by atoms with E-state index in [9.17, 15) is 13.2 Å². The van der Waals surface area contributed by atoms with Crippen molar-refractivity contribution in [1.29, 1.82) is 0 Å². The van der Waals surface area contributed by atoms with Crippen molar-refractivity contribution in [3.05, 3.63) is 29.8 Å². The largest absolute Gasteiger partial charge is 0.484 e.